The van der Waals surface area contributed by atoms with Crippen LogP contribution in [0.4, 0.5) is 0 Å². The first-order valence-corrected chi connectivity index (χ1v) is 12.9. The standard InChI is InChI=1S/C26H19BrClNO5S/c1-18-17-21(29(26(30)25(18)27)34-35(31,32)24-5-3-2-4-6-24)12-7-19-8-13-22(14-9-19)33-23-15-10-20(28)11-16-23/h2-17H,1H3/b12-7+. The van der Waals surface area contributed by atoms with Crippen LogP contribution in [0, 0.1) is 6.92 Å². The van der Waals surface area contributed by atoms with Crippen LogP contribution in [0.3, 0.4) is 0 Å². The summed E-state index contributed by atoms with van der Waals surface area (Å²) < 4.78 is 37.5. The van der Waals surface area contributed by atoms with Gasteiger partial charge in [-0.05, 0) is 94.7 Å². The lowest BCUT2D eigenvalue weighted by molar-refractivity contribution is 0.263. The molecule has 0 bridgehead atoms. The normalized spacial score (nSPS) is 11.5. The Bertz CT molecular complexity index is 1530. The van der Waals surface area contributed by atoms with Crippen molar-refractivity contribution in [2.45, 2.75) is 11.8 Å². The van der Waals surface area contributed by atoms with Gasteiger partial charge in [0, 0.05) is 5.02 Å². The summed E-state index contributed by atoms with van der Waals surface area (Å²) in [5.41, 5.74) is 1.07. The van der Waals surface area contributed by atoms with Crippen LogP contribution in [-0.4, -0.2) is 13.1 Å². The number of aromatic nitrogens is 1. The van der Waals surface area contributed by atoms with E-state index in [1.165, 1.54) is 12.1 Å². The number of nitrogens with zero attached hydrogens (tertiary/aromatic N) is 1. The van der Waals surface area contributed by atoms with E-state index in [0.29, 0.717) is 22.1 Å². The van der Waals surface area contributed by atoms with E-state index >= 15 is 0 Å². The minimum Gasteiger partial charge on any atom is -0.457 e. The minimum atomic E-state index is -4.23. The first kappa shape index (κ1) is 24.8. The van der Waals surface area contributed by atoms with Crippen LogP contribution in [0.2, 0.25) is 5.02 Å². The Balaban J connectivity index is 1.60. The molecule has 0 atom stereocenters. The topological polar surface area (TPSA) is 74.6 Å². The second-order valence-corrected chi connectivity index (χ2v) is 10.2. The number of ether oxygens (including phenoxy) is 1. The van der Waals surface area contributed by atoms with Crippen molar-refractivity contribution in [2.75, 3.05) is 0 Å². The molecule has 0 N–H and O–H groups in total. The van der Waals surface area contributed by atoms with Crippen molar-refractivity contribution >= 4 is 49.8 Å². The zero-order valence-corrected chi connectivity index (χ0v) is 21.5. The van der Waals surface area contributed by atoms with Crippen molar-refractivity contribution in [3.63, 3.8) is 0 Å². The van der Waals surface area contributed by atoms with Gasteiger partial charge in [0.05, 0.1) is 10.2 Å². The van der Waals surface area contributed by atoms with Gasteiger partial charge >= 0.3 is 10.1 Å². The van der Waals surface area contributed by atoms with Gasteiger partial charge in [-0.2, -0.15) is 8.42 Å². The molecule has 0 aliphatic rings. The maximum absolute atomic E-state index is 12.8. The monoisotopic (exact) mass is 571 g/mol. The quantitative estimate of drug-likeness (QED) is 0.258. The third-order valence-electron chi connectivity index (χ3n) is 4.90. The molecule has 9 heteroatoms. The average molecular weight is 573 g/mol. The van der Waals surface area contributed by atoms with Gasteiger partial charge in [-0.1, -0.05) is 48.0 Å². The summed E-state index contributed by atoms with van der Waals surface area (Å²) in [5.74, 6) is 1.29. The number of aryl methyl sites for hydroxylation is 1. The highest BCUT2D eigenvalue weighted by Gasteiger charge is 2.20. The van der Waals surface area contributed by atoms with Gasteiger partial charge in [-0.25, -0.2) is 0 Å². The van der Waals surface area contributed by atoms with Crippen molar-refractivity contribution in [2.24, 2.45) is 0 Å². The zero-order chi connectivity index (χ0) is 25.0. The number of benzene rings is 3. The van der Waals surface area contributed by atoms with Crippen LogP contribution < -0.4 is 14.6 Å². The van der Waals surface area contributed by atoms with Crippen LogP contribution >= 0.6 is 27.5 Å². The van der Waals surface area contributed by atoms with Crippen molar-refractivity contribution < 1.29 is 17.4 Å². The average Bonchev–Trinajstić information content (AvgIpc) is 2.86. The van der Waals surface area contributed by atoms with Crippen LogP contribution in [-0.2, 0) is 10.1 Å². The molecule has 0 aliphatic heterocycles. The fourth-order valence-electron chi connectivity index (χ4n) is 3.11. The molecule has 0 saturated carbocycles. The van der Waals surface area contributed by atoms with E-state index in [0.717, 1.165) is 10.3 Å². The van der Waals surface area contributed by atoms with E-state index in [-0.39, 0.29) is 15.1 Å². The Hall–Kier alpha value is -3.33. The molecule has 0 radical (unpaired) electrons. The van der Waals surface area contributed by atoms with Crippen LogP contribution in [0.25, 0.3) is 12.2 Å². The smallest absolute Gasteiger partial charge is 0.357 e. The Morgan fingerprint density at radius 2 is 1.49 bits per heavy atom. The van der Waals surface area contributed by atoms with Gasteiger partial charge in [-0.15, -0.1) is 4.73 Å². The van der Waals surface area contributed by atoms with Crippen LogP contribution in [0.15, 0.2) is 99.1 Å². The second kappa shape index (κ2) is 10.5. The van der Waals surface area contributed by atoms with Crippen molar-refractivity contribution in [3.05, 3.63) is 122 Å². The molecule has 4 aromatic rings. The lowest BCUT2D eigenvalue weighted by Gasteiger charge is -2.13. The Morgan fingerprint density at radius 1 is 0.886 bits per heavy atom. The summed E-state index contributed by atoms with van der Waals surface area (Å²) >= 11 is 9.11. The summed E-state index contributed by atoms with van der Waals surface area (Å²) in [5, 5.41) is 0.625. The molecule has 178 valence electrons. The maximum Gasteiger partial charge on any atom is 0.357 e. The number of hydrogen-bond acceptors (Lipinski definition) is 5. The molecule has 35 heavy (non-hydrogen) atoms. The second-order valence-electron chi connectivity index (χ2n) is 7.47. The molecule has 0 fully saturated rings. The summed E-state index contributed by atoms with van der Waals surface area (Å²) in [6.07, 6.45) is 3.35. The van der Waals surface area contributed by atoms with Crippen LogP contribution in [0.1, 0.15) is 16.8 Å². The predicted octanol–water partition coefficient (Wildman–Crippen LogP) is 6.35. The molecule has 1 aromatic heterocycles. The molecule has 1 heterocycles. The summed E-state index contributed by atoms with van der Waals surface area (Å²) in [7, 11) is -4.23. The molecule has 0 amide bonds. The third-order valence-corrected chi connectivity index (χ3v) is 7.31. The molecule has 0 unspecified atom stereocenters. The highest BCUT2D eigenvalue weighted by molar-refractivity contribution is 9.10. The van der Waals surface area contributed by atoms with Gasteiger partial charge in [0.15, 0.2) is 0 Å². The van der Waals surface area contributed by atoms with Crippen molar-refractivity contribution in [1.29, 1.82) is 0 Å². The Kier molecular flexibility index (Phi) is 7.45. The summed E-state index contributed by atoms with van der Waals surface area (Å²) in [6, 6.07) is 23.6. The van der Waals surface area contributed by atoms with Crippen LogP contribution in [0.5, 0.6) is 11.5 Å². The summed E-state index contributed by atoms with van der Waals surface area (Å²) in [4.78, 5) is 12.8. The molecular formula is C26H19BrClNO5S. The predicted molar refractivity (Wildman–Crippen MR) is 140 cm³/mol. The van der Waals surface area contributed by atoms with Gasteiger partial charge < -0.3 is 4.74 Å². The van der Waals surface area contributed by atoms with E-state index < -0.39 is 15.7 Å². The first-order chi connectivity index (χ1) is 16.7. The Morgan fingerprint density at radius 3 is 2.11 bits per heavy atom. The number of rotatable bonds is 7. The molecule has 3 aromatic carbocycles. The SMILES string of the molecule is Cc1cc(/C=C/c2ccc(Oc3ccc(Cl)cc3)cc2)n(OS(=O)(=O)c2ccccc2)c(=O)c1Br. The first-order valence-electron chi connectivity index (χ1n) is 10.4. The third kappa shape index (κ3) is 6.03. The van der Waals surface area contributed by atoms with Gasteiger partial charge in [0.2, 0.25) is 0 Å². The van der Waals surface area contributed by atoms with E-state index in [4.69, 9.17) is 20.6 Å². The number of pyridine rings is 1. The van der Waals surface area contributed by atoms with E-state index in [2.05, 4.69) is 15.9 Å². The fourth-order valence-corrected chi connectivity index (χ4v) is 4.44. The lowest BCUT2D eigenvalue weighted by atomic mass is 10.1. The fraction of sp³-hybridized carbons (Fsp3) is 0.0385. The molecule has 0 spiro atoms. The van der Waals surface area contributed by atoms with Crippen molar-refractivity contribution in [3.8, 4) is 11.5 Å². The van der Waals surface area contributed by atoms with Crippen molar-refractivity contribution in [1.82, 2.24) is 4.73 Å². The maximum atomic E-state index is 12.8. The van der Waals surface area contributed by atoms with Gasteiger partial charge in [0.25, 0.3) is 5.56 Å². The van der Waals surface area contributed by atoms with E-state index in [1.54, 1.807) is 79.7 Å². The van der Waals surface area contributed by atoms with Gasteiger partial charge in [-0.3, -0.25) is 9.08 Å². The highest BCUT2D eigenvalue weighted by Crippen LogP contribution is 2.24. The molecular weight excluding hydrogens is 554 g/mol. The molecule has 4 rings (SSSR count). The molecule has 0 saturated heterocycles. The number of hydrogen-bond donors (Lipinski definition) is 0. The highest BCUT2D eigenvalue weighted by atomic mass is 79.9. The molecule has 6 nitrogen and oxygen atoms in total. The largest absolute Gasteiger partial charge is 0.457 e. The summed E-state index contributed by atoms with van der Waals surface area (Å²) in [6.45, 7) is 1.74. The van der Waals surface area contributed by atoms with E-state index in [1.807, 2.05) is 12.1 Å². The molecule has 0 aliphatic carbocycles. The Labute approximate surface area is 216 Å². The minimum absolute atomic E-state index is 0.0604. The van der Waals surface area contributed by atoms with E-state index in [9.17, 15) is 13.2 Å². The van der Waals surface area contributed by atoms with Gasteiger partial charge in [0.1, 0.15) is 16.4 Å². The number of halogens is 2. The lowest BCUT2D eigenvalue weighted by Crippen LogP contribution is -2.33. The zero-order valence-electron chi connectivity index (χ0n) is 18.4.